The molecule has 1 aliphatic heterocycles. The topological polar surface area (TPSA) is 156 Å². The third-order valence-electron chi connectivity index (χ3n) is 6.54. The van der Waals surface area contributed by atoms with Gasteiger partial charge < -0.3 is 9.84 Å². The number of aliphatic carboxylic acids is 1. The van der Waals surface area contributed by atoms with Crippen LogP contribution < -0.4 is 14.8 Å². The number of carbonyl (C=O) groups is 1. The number of alkyl halides is 3. The van der Waals surface area contributed by atoms with E-state index >= 15 is 0 Å². The van der Waals surface area contributed by atoms with Crippen LogP contribution in [0.4, 0.5) is 30.2 Å². The molecular formula is C32H25F3N3O7S3+. The van der Waals surface area contributed by atoms with E-state index in [2.05, 4.69) is 9.71 Å². The van der Waals surface area contributed by atoms with Gasteiger partial charge in [-0.2, -0.15) is 18.2 Å². The van der Waals surface area contributed by atoms with Crippen LogP contribution in [-0.4, -0.2) is 39.9 Å². The minimum Gasteiger partial charge on any atom is -0.475 e. The third-order valence-corrected chi connectivity index (χ3v) is 11.8. The second kappa shape index (κ2) is 14.0. The van der Waals surface area contributed by atoms with Gasteiger partial charge in [0.2, 0.25) is 15.7 Å². The van der Waals surface area contributed by atoms with Crippen molar-refractivity contribution in [1.82, 2.24) is 0 Å². The molecule has 16 heteroatoms. The molecule has 0 spiro atoms. The van der Waals surface area contributed by atoms with Crippen LogP contribution in [0, 0.1) is 0 Å². The summed E-state index contributed by atoms with van der Waals surface area (Å²) in [7, 11) is -7.82. The first-order valence-corrected chi connectivity index (χ1v) is 17.6. The third kappa shape index (κ3) is 8.46. The van der Waals surface area contributed by atoms with Crippen LogP contribution in [0.1, 0.15) is 5.56 Å². The summed E-state index contributed by atoms with van der Waals surface area (Å²) in [5.41, 5.74) is 2.95. The maximum Gasteiger partial charge on any atom is 0.490 e. The van der Waals surface area contributed by atoms with E-state index < -0.39 is 32.0 Å². The Kier molecular flexibility index (Phi) is 10.00. The van der Waals surface area contributed by atoms with Gasteiger partial charge in [-0.25, -0.2) is 21.6 Å². The molecule has 4 aromatic carbocycles. The summed E-state index contributed by atoms with van der Waals surface area (Å²) in [4.78, 5) is 13.7. The van der Waals surface area contributed by atoms with Gasteiger partial charge in [0, 0.05) is 6.07 Å². The number of ether oxygens (including phenoxy) is 1. The van der Waals surface area contributed by atoms with Crippen LogP contribution >= 0.6 is 11.3 Å². The number of para-hydroxylation sites is 1. The Balaban J connectivity index is 0.000000582. The summed E-state index contributed by atoms with van der Waals surface area (Å²) in [5, 5.41) is 9.10. The van der Waals surface area contributed by atoms with Crippen molar-refractivity contribution in [3.8, 4) is 11.5 Å². The molecule has 1 aliphatic rings. The van der Waals surface area contributed by atoms with E-state index in [1.165, 1.54) is 24.3 Å². The normalized spacial score (nSPS) is 12.7. The minimum absolute atomic E-state index is 0.0402. The number of carboxylic acids is 1. The van der Waals surface area contributed by atoms with E-state index in [-0.39, 0.29) is 13.3 Å². The average Bonchev–Trinajstić information content (AvgIpc) is 3.71. The maximum atomic E-state index is 13.1. The SMILES string of the molecule is O=C(O)C(F)(F)F.O=S(=O)(Nc1ccc2c(c1)N=C(Cc1ccc(Oc3ccccc3)cc1)[NH2+]2)c1ccc(S(=O)(=O)c2ccccc2)s1. The Bertz CT molecular complexity index is 2170. The number of fused-ring (bicyclic) bond motifs is 1. The first-order valence-electron chi connectivity index (χ1n) is 13.8. The number of anilines is 1. The number of hydrogen-bond acceptors (Lipinski definition) is 8. The van der Waals surface area contributed by atoms with Crippen molar-refractivity contribution in [1.29, 1.82) is 0 Å². The number of aliphatic imine (C=N–C) groups is 1. The van der Waals surface area contributed by atoms with Crippen molar-refractivity contribution in [2.75, 3.05) is 4.72 Å². The van der Waals surface area contributed by atoms with E-state index in [1.54, 1.807) is 36.4 Å². The summed E-state index contributed by atoms with van der Waals surface area (Å²) < 4.78 is 91.9. The standard InChI is InChI=1S/C30H23N3O5S3.C2HF3O2/c34-40(35,25-9-5-2-6-10-25)29-17-18-30(39-29)41(36,37)33-22-13-16-26-27(20-22)32-28(31-26)19-21-11-14-24(15-12-21)38-23-7-3-1-4-8-23;3-2(4,5)1(6)7/h1-18,20,33H,19H2,(H,31,32);(H,6,7)/p+1. The molecule has 5 aromatic rings. The lowest BCUT2D eigenvalue weighted by molar-refractivity contribution is -0.440. The van der Waals surface area contributed by atoms with Gasteiger partial charge in [0.25, 0.3) is 10.0 Å². The number of thiophene rings is 1. The molecule has 0 radical (unpaired) electrons. The molecule has 0 saturated carbocycles. The van der Waals surface area contributed by atoms with Crippen molar-refractivity contribution in [2.45, 2.75) is 25.9 Å². The van der Waals surface area contributed by atoms with Crippen molar-refractivity contribution >= 4 is 60.1 Å². The zero-order valence-electron chi connectivity index (χ0n) is 24.5. The summed E-state index contributed by atoms with van der Waals surface area (Å²) in [6, 6.07) is 33.1. The van der Waals surface area contributed by atoms with E-state index in [4.69, 9.17) is 14.6 Å². The number of sulfone groups is 1. The predicted octanol–water partition coefficient (Wildman–Crippen LogP) is 6.29. The van der Waals surface area contributed by atoms with Gasteiger partial charge in [-0.05, 0) is 66.2 Å². The van der Waals surface area contributed by atoms with Crippen molar-refractivity contribution in [2.24, 2.45) is 4.99 Å². The molecule has 2 heterocycles. The molecule has 10 nitrogen and oxygen atoms in total. The lowest BCUT2D eigenvalue weighted by atomic mass is 10.1. The van der Waals surface area contributed by atoms with Crippen LogP contribution in [0.2, 0.25) is 0 Å². The predicted molar refractivity (Wildman–Crippen MR) is 172 cm³/mol. The molecule has 1 aromatic heterocycles. The van der Waals surface area contributed by atoms with Crippen LogP contribution in [-0.2, 0) is 31.1 Å². The van der Waals surface area contributed by atoms with Crippen LogP contribution in [0.25, 0.3) is 0 Å². The Labute approximate surface area is 277 Å². The van der Waals surface area contributed by atoms with Gasteiger partial charge in [-0.3, -0.25) is 10.0 Å². The molecule has 0 amide bonds. The molecule has 0 unspecified atom stereocenters. The lowest BCUT2D eigenvalue weighted by Gasteiger charge is -2.07. The fourth-order valence-corrected chi connectivity index (χ4v) is 8.54. The van der Waals surface area contributed by atoms with Gasteiger partial charge in [0.1, 0.15) is 25.6 Å². The summed E-state index contributed by atoms with van der Waals surface area (Å²) in [5.74, 6) is -0.390. The number of rotatable bonds is 9. The van der Waals surface area contributed by atoms with E-state index in [1.807, 2.05) is 59.9 Å². The quantitative estimate of drug-likeness (QED) is 0.152. The second-order valence-corrected chi connectivity index (χ2v) is 15.2. The van der Waals surface area contributed by atoms with Crippen molar-refractivity contribution in [3.05, 3.63) is 121 Å². The minimum atomic E-state index is -5.08. The Hall–Kier alpha value is -5.03. The molecule has 248 valence electrons. The molecule has 0 fully saturated rings. The number of quaternary nitrogens is 1. The summed E-state index contributed by atoms with van der Waals surface area (Å²) >= 11 is 0.708. The highest BCUT2D eigenvalue weighted by atomic mass is 32.3. The number of hydrogen-bond donors (Lipinski definition) is 3. The van der Waals surface area contributed by atoms with Gasteiger partial charge in [-0.1, -0.05) is 48.5 Å². The highest BCUT2D eigenvalue weighted by Crippen LogP contribution is 2.33. The highest BCUT2D eigenvalue weighted by molar-refractivity contribution is 7.96. The van der Waals surface area contributed by atoms with E-state index in [0.29, 0.717) is 29.1 Å². The number of sulfonamides is 1. The lowest BCUT2D eigenvalue weighted by Crippen LogP contribution is -2.81. The number of nitrogens with zero attached hydrogens (tertiary/aromatic N) is 1. The molecule has 48 heavy (non-hydrogen) atoms. The van der Waals surface area contributed by atoms with E-state index in [9.17, 15) is 30.0 Å². The zero-order valence-corrected chi connectivity index (χ0v) is 26.9. The molecule has 4 N–H and O–H groups in total. The number of amidine groups is 1. The highest BCUT2D eigenvalue weighted by Gasteiger charge is 2.38. The number of nitrogens with one attached hydrogen (secondary N) is 1. The Morgan fingerprint density at radius 2 is 1.40 bits per heavy atom. The Morgan fingerprint density at radius 1 is 0.812 bits per heavy atom. The fourth-order valence-electron chi connectivity index (χ4n) is 4.31. The second-order valence-electron chi connectivity index (χ2n) is 10.1. The smallest absolute Gasteiger partial charge is 0.475 e. The molecule has 0 bridgehead atoms. The summed E-state index contributed by atoms with van der Waals surface area (Å²) in [6.07, 6.45) is -4.48. The number of halogens is 3. The molecule has 0 atom stereocenters. The van der Waals surface area contributed by atoms with Gasteiger partial charge >= 0.3 is 12.1 Å². The van der Waals surface area contributed by atoms with Crippen LogP contribution in [0.3, 0.4) is 0 Å². The van der Waals surface area contributed by atoms with Gasteiger partial charge in [0.05, 0.1) is 17.0 Å². The molecule has 6 rings (SSSR count). The Morgan fingerprint density at radius 3 is 2.02 bits per heavy atom. The maximum absolute atomic E-state index is 13.1. The number of nitrogens with two attached hydrogens (primary N) is 1. The van der Waals surface area contributed by atoms with Crippen molar-refractivity contribution in [3.63, 3.8) is 0 Å². The first kappa shape index (κ1) is 34.3. The largest absolute Gasteiger partial charge is 0.490 e. The number of carboxylic acid groups (broad SMARTS) is 1. The molecule has 0 aliphatic carbocycles. The van der Waals surface area contributed by atoms with Crippen LogP contribution in [0.5, 0.6) is 11.5 Å². The summed E-state index contributed by atoms with van der Waals surface area (Å²) in [6.45, 7) is 0. The van der Waals surface area contributed by atoms with Crippen molar-refractivity contribution < 1.29 is 50.0 Å². The van der Waals surface area contributed by atoms with Gasteiger partial charge in [-0.15, -0.1) is 11.3 Å². The molecule has 0 saturated heterocycles. The van der Waals surface area contributed by atoms with E-state index in [0.717, 1.165) is 28.6 Å². The average molecular weight is 717 g/mol. The van der Waals surface area contributed by atoms with Gasteiger partial charge in [0.15, 0.2) is 5.69 Å². The zero-order chi connectivity index (χ0) is 34.5. The fraction of sp³-hybridized carbons (Fsp3) is 0.0625. The monoisotopic (exact) mass is 716 g/mol. The number of benzene rings is 4. The first-order chi connectivity index (χ1) is 22.7. The van der Waals surface area contributed by atoms with Crippen LogP contribution in [0.15, 0.2) is 134 Å². The molecular weight excluding hydrogens is 692 g/mol.